The fourth-order valence-corrected chi connectivity index (χ4v) is 4.89. The molecule has 2 heterocycles. The Morgan fingerprint density at radius 3 is 2.51 bits per heavy atom. The van der Waals surface area contributed by atoms with E-state index in [4.69, 9.17) is 19.9 Å². The van der Waals surface area contributed by atoms with Crippen LogP contribution in [0.4, 0.5) is 10.5 Å². The van der Waals surface area contributed by atoms with Gasteiger partial charge in [0.1, 0.15) is 17.6 Å². The average Bonchev–Trinajstić information content (AvgIpc) is 3.11. The minimum atomic E-state index is -0.425. The second-order valence-corrected chi connectivity index (χ2v) is 9.52. The first-order valence-corrected chi connectivity index (χ1v) is 12.9. The van der Waals surface area contributed by atoms with Gasteiger partial charge in [-0.1, -0.05) is 13.3 Å². The fourth-order valence-electron chi connectivity index (χ4n) is 4.89. The number of carbonyl (C=O) groups excluding carboxylic acids is 1. The molecule has 0 radical (unpaired) electrons. The number of aromatic nitrogens is 1. The van der Waals surface area contributed by atoms with Crippen molar-refractivity contribution in [2.24, 2.45) is 0 Å². The summed E-state index contributed by atoms with van der Waals surface area (Å²) in [5.74, 6) is 1.40. The molecule has 0 unspecified atom stereocenters. The van der Waals surface area contributed by atoms with Crippen molar-refractivity contribution in [1.29, 1.82) is 0 Å². The van der Waals surface area contributed by atoms with Gasteiger partial charge in [-0.2, -0.15) is 0 Å². The van der Waals surface area contributed by atoms with Crippen molar-refractivity contribution >= 4 is 22.7 Å². The standard InChI is InChI=1S/C28H35N3O4/c1-2-3-15-30-28(32)35-21-9-7-19(8-10-21)27-26(29)24-12-11-23(34-22-13-16-33-17-14-22)18-25(24)31(27)20-5-4-6-20/h7-12,18,20,22H,2-6,13-17,29H2,1H3,(H,30,32). The van der Waals surface area contributed by atoms with Gasteiger partial charge in [-0.3, -0.25) is 0 Å². The van der Waals surface area contributed by atoms with Crippen molar-refractivity contribution in [3.05, 3.63) is 42.5 Å². The smallest absolute Gasteiger partial charge is 0.412 e. The number of benzene rings is 2. The second kappa shape index (κ2) is 10.6. The first-order chi connectivity index (χ1) is 17.1. The highest BCUT2D eigenvalue weighted by Gasteiger charge is 2.27. The van der Waals surface area contributed by atoms with E-state index >= 15 is 0 Å². The van der Waals surface area contributed by atoms with E-state index in [9.17, 15) is 4.79 Å². The van der Waals surface area contributed by atoms with E-state index in [1.165, 1.54) is 6.42 Å². The molecule has 0 atom stereocenters. The summed E-state index contributed by atoms with van der Waals surface area (Å²) >= 11 is 0. The Morgan fingerprint density at radius 2 is 1.83 bits per heavy atom. The third-order valence-corrected chi connectivity index (χ3v) is 7.06. The van der Waals surface area contributed by atoms with Crippen LogP contribution >= 0.6 is 0 Å². The van der Waals surface area contributed by atoms with E-state index < -0.39 is 6.09 Å². The summed E-state index contributed by atoms with van der Waals surface area (Å²) in [7, 11) is 0. The van der Waals surface area contributed by atoms with E-state index in [0.717, 1.165) is 85.3 Å². The molecule has 7 heteroatoms. The van der Waals surface area contributed by atoms with Gasteiger partial charge < -0.3 is 29.8 Å². The maximum Gasteiger partial charge on any atom is 0.412 e. The van der Waals surface area contributed by atoms with Gasteiger partial charge in [0.25, 0.3) is 0 Å². The molecule has 2 fully saturated rings. The molecule has 0 spiro atoms. The van der Waals surface area contributed by atoms with Gasteiger partial charge in [0, 0.05) is 42.4 Å². The van der Waals surface area contributed by atoms with E-state index in [1.807, 2.05) is 30.3 Å². The molecule has 1 aliphatic carbocycles. The number of nitrogens with one attached hydrogen (secondary N) is 1. The van der Waals surface area contributed by atoms with Gasteiger partial charge in [0.05, 0.1) is 30.1 Å². The van der Waals surface area contributed by atoms with Crippen LogP contribution in [0.25, 0.3) is 22.2 Å². The molecule has 35 heavy (non-hydrogen) atoms. The van der Waals surface area contributed by atoms with Crippen LogP contribution in [0, 0.1) is 0 Å². The number of anilines is 1. The van der Waals surface area contributed by atoms with Crippen LogP contribution in [0.1, 0.15) is 57.9 Å². The Bertz CT molecular complexity index is 1160. The number of nitrogens with zero attached hydrogens (tertiary/aromatic N) is 1. The number of nitrogen functional groups attached to an aromatic ring is 1. The topological polar surface area (TPSA) is 87.7 Å². The van der Waals surface area contributed by atoms with Gasteiger partial charge in [-0.05, 0) is 62.1 Å². The van der Waals surface area contributed by atoms with E-state index in [0.29, 0.717) is 18.3 Å². The zero-order valence-corrected chi connectivity index (χ0v) is 20.4. The Hall–Kier alpha value is -3.19. The maximum absolute atomic E-state index is 12.0. The van der Waals surface area contributed by atoms with Gasteiger partial charge in [-0.15, -0.1) is 0 Å². The number of hydrogen-bond acceptors (Lipinski definition) is 5. The highest BCUT2D eigenvalue weighted by Crippen LogP contribution is 2.45. The summed E-state index contributed by atoms with van der Waals surface area (Å²) in [5, 5.41) is 3.82. The molecule has 1 amide bonds. The van der Waals surface area contributed by atoms with Gasteiger partial charge in [0.15, 0.2) is 0 Å². The van der Waals surface area contributed by atoms with Crippen LogP contribution in [-0.4, -0.2) is 36.5 Å². The van der Waals surface area contributed by atoms with E-state index in [1.54, 1.807) is 0 Å². The zero-order valence-electron chi connectivity index (χ0n) is 20.4. The molecule has 1 saturated heterocycles. The number of unbranched alkanes of at least 4 members (excludes halogenated alkanes) is 1. The number of amides is 1. The molecule has 1 saturated carbocycles. The third-order valence-electron chi connectivity index (χ3n) is 7.06. The van der Waals surface area contributed by atoms with Crippen LogP contribution < -0.4 is 20.5 Å². The quantitative estimate of drug-likeness (QED) is 0.385. The Kier molecular flexibility index (Phi) is 7.13. The summed E-state index contributed by atoms with van der Waals surface area (Å²) in [6, 6.07) is 14.3. The molecule has 7 nitrogen and oxygen atoms in total. The second-order valence-electron chi connectivity index (χ2n) is 9.52. The number of hydrogen-bond donors (Lipinski definition) is 2. The van der Waals surface area contributed by atoms with Crippen LogP contribution in [0.5, 0.6) is 11.5 Å². The highest BCUT2D eigenvalue weighted by molar-refractivity contribution is 6.01. The van der Waals surface area contributed by atoms with Crippen LogP contribution in [0.15, 0.2) is 42.5 Å². The molecular formula is C28H35N3O4. The van der Waals surface area contributed by atoms with Crippen molar-refractivity contribution in [3.63, 3.8) is 0 Å². The predicted molar refractivity (Wildman–Crippen MR) is 138 cm³/mol. The largest absolute Gasteiger partial charge is 0.490 e. The van der Waals surface area contributed by atoms with Gasteiger partial charge >= 0.3 is 6.09 Å². The highest BCUT2D eigenvalue weighted by atomic mass is 16.6. The SMILES string of the molecule is CCCCNC(=O)Oc1ccc(-c2c(N)c3ccc(OC4CCOCC4)cc3n2C2CCC2)cc1. The number of rotatable bonds is 8. The number of carbonyl (C=O) groups is 1. The molecule has 3 N–H and O–H groups in total. The third kappa shape index (κ3) is 5.10. The van der Waals surface area contributed by atoms with Crippen LogP contribution in [0.3, 0.4) is 0 Å². The molecule has 186 valence electrons. The molecule has 1 aromatic heterocycles. The lowest BCUT2D eigenvalue weighted by molar-refractivity contribution is 0.0256. The minimum Gasteiger partial charge on any atom is -0.490 e. The number of ether oxygens (including phenoxy) is 3. The average molecular weight is 478 g/mol. The lowest BCUT2D eigenvalue weighted by Crippen LogP contribution is -2.27. The molecule has 2 aliphatic rings. The molecule has 3 aromatic rings. The monoisotopic (exact) mass is 477 g/mol. The van der Waals surface area contributed by atoms with Crippen LogP contribution in [-0.2, 0) is 4.74 Å². The first kappa shape index (κ1) is 23.5. The summed E-state index contributed by atoms with van der Waals surface area (Å²) < 4.78 is 19.6. The van der Waals surface area contributed by atoms with Crippen LogP contribution in [0.2, 0.25) is 0 Å². The van der Waals surface area contributed by atoms with Crippen molar-refractivity contribution < 1.29 is 19.0 Å². The Labute approximate surface area is 206 Å². The lowest BCUT2D eigenvalue weighted by atomic mass is 9.92. The molecule has 2 aromatic carbocycles. The van der Waals surface area contributed by atoms with Crippen molar-refractivity contribution in [3.8, 4) is 22.8 Å². The summed E-state index contributed by atoms with van der Waals surface area (Å²) in [6.07, 6.45) is 7.06. The lowest BCUT2D eigenvalue weighted by Gasteiger charge is -2.30. The normalized spacial score (nSPS) is 16.7. The predicted octanol–water partition coefficient (Wildman–Crippen LogP) is 6.06. The fraction of sp³-hybridized carbons (Fsp3) is 0.464. The maximum atomic E-state index is 12.0. The molecule has 1 aliphatic heterocycles. The van der Waals surface area contributed by atoms with Gasteiger partial charge in [-0.25, -0.2) is 4.79 Å². The van der Waals surface area contributed by atoms with E-state index in [2.05, 4.69) is 28.9 Å². The van der Waals surface area contributed by atoms with E-state index in [-0.39, 0.29) is 6.10 Å². The Morgan fingerprint density at radius 1 is 1.09 bits per heavy atom. The summed E-state index contributed by atoms with van der Waals surface area (Å²) in [6.45, 7) is 4.21. The minimum absolute atomic E-state index is 0.192. The van der Waals surface area contributed by atoms with Gasteiger partial charge in [0.2, 0.25) is 0 Å². The summed E-state index contributed by atoms with van der Waals surface area (Å²) in [4.78, 5) is 12.0. The first-order valence-electron chi connectivity index (χ1n) is 12.9. The molecular weight excluding hydrogens is 442 g/mol. The zero-order chi connectivity index (χ0) is 24.2. The summed E-state index contributed by atoms with van der Waals surface area (Å²) in [5.41, 5.74) is 10.7. The molecule has 5 rings (SSSR count). The van der Waals surface area contributed by atoms with Crippen molar-refractivity contribution in [2.45, 2.75) is 64.0 Å². The molecule has 0 bridgehead atoms. The van der Waals surface area contributed by atoms with Crippen molar-refractivity contribution in [1.82, 2.24) is 9.88 Å². The number of nitrogens with two attached hydrogens (primary N) is 1. The van der Waals surface area contributed by atoms with Crippen molar-refractivity contribution in [2.75, 3.05) is 25.5 Å². The number of fused-ring (bicyclic) bond motifs is 1. The Balaban J connectivity index is 1.43.